The van der Waals surface area contributed by atoms with Crippen molar-refractivity contribution < 1.29 is 9.18 Å². The van der Waals surface area contributed by atoms with Crippen molar-refractivity contribution in [3.8, 4) is 0 Å². The number of amides is 1. The maximum atomic E-state index is 13.5. The standard InChI is InChI=1S/C21H23ClFN5O/c1-24-21(27-11-10-25-20(29)14-2-4-16(22)5-3-14)26-9-8-15-13-28-19-7-6-17(23)12-18(15)19/h2-7,12-13,28H,8-11H2,1H3,(H,25,29)(H2,24,26,27). The van der Waals surface area contributed by atoms with Crippen molar-refractivity contribution in [3.05, 3.63) is 70.6 Å². The van der Waals surface area contributed by atoms with Crippen molar-refractivity contribution in [3.63, 3.8) is 0 Å². The molecule has 6 nitrogen and oxygen atoms in total. The second kappa shape index (κ2) is 9.93. The molecule has 0 radical (unpaired) electrons. The number of aromatic amines is 1. The van der Waals surface area contributed by atoms with Gasteiger partial charge in [0.2, 0.25) is 0 Å². The van der Waals surface area contributed by atoms with E-state index in [-0.39, 0.29) is 11.7 Å². The van der Waals surface area contributed by atoms with Crippen LogP contribution in [0.1, 0.15) is 15.9 Å². The number of aromatic nitrogens is 1. The van der Waals surface area contributed by atoms with Gasteiger partial charge in [0.25, 0.3) is 5.91 Å². The zero-order chi connectivity index (χ0) is 20.6. The van der Waals surface area contributed by atoms with Crippen LogP contribution in [0.5, 0.6) is 0 Å². The van der Waals surface area contributed by atoms with Gasteiger partial charge >= 0.3 is 0 Å². The topological polar surface area (TPSA) is 81.3 Å². The van der Waals surface area contributed by atoms with Crippen LogP contribution in [0.4, 0.5) is 4.39 Å². The fraction of sp³-hybridized carbons (Fsp3) is 0.238. The van der Waals surface area contributed by atoms with Crippen LogP contribution in [0, 0.1) is 5.82 Å². The zero-order valence-electron chi connectivity index (χ0n) is 16.1. The van der Waals surface area contributed by atoms with E-state index in [1.807, 2.05) is 6.20 Å². The van der Waals surface area contributed by atoms with E-state index >= 15 is 0 Å². The third-order valence-corrected chi connectivity index (χ3v) is 4.70. The van der Waals surface area contributed by atoms with Gasteiger partial charge in [-0.3, -0.25) is 9.79 Å². The van der Waals surface area contributed by atoms with Crippen LogP contribution in [0.15, 0.2) is 53.7 Å². The van der Waals surface area contributed by atoms with E-state index in [1.54, 1.807) is 37.4 Å². The van der Waals surface area contributed by atoms with Crippen molar-refractivity contribution in [2.45, 2.75) is 6.42 Å². The van der Waals surface area contributed by atoms with Gasteiger partial charge in [-0.2, -0.15) is 0 Å². The Morgan fingerprint density at radius 2 is 1.79 bits per heavy atom. The van der Waals surface area contributed by atoms with Crippen molar-refractivity contribution in [2.24, 2.45) is 4.99 Å². The number of H-pyrrole nitrogens is 1. The minimum absolute atomic E-state index is 0.155. The van der Waals surface area contributed by atoms with E-state index in [4.69, 9.17) is 11.6 Å². The molecule has 3 aromatic rings. The molecule has 0 saturated carbocycles. The first kappa shape index (κ1) is 20.7. The first-order valence-corrected chi connectivity index (χ1v) is 9.68. The molecular weight excluding hydrogens is 393 g/mol. The van der Waals surface area contributed by atoms with E-state index in [0.29, 0.717) is 36.2 Å². The number of nitrogens with one attached hydrogen (secondary N) is 4. The molecule has 1 heterocycles. The molecule has 4 N–H and O–H groups in total. The van der Waals surface area contributed by atoms with E-state index in [1.165, 1.54) is 12.1 Å². The Morgan fingerprint density at radius 1 is 1.07 bits per heavy atom. The molecule has 0 aliphatic rings. The fourth-order valence-electron chi connectivity index (χ4n) is 2.95. The summed E-state index contributed by atoms with van der Waals surface area (Å²) in [6, 6.07) is 11.5. The SMILES string of the molecule is CN=C(NCCNC(=O)c1ccc(Cl)cc1)NCCc1c[nH]c2ccc(F)cc12. The van der Waals surface area contributed by atoms with Gasteiger partial charge in [0, 0.05) is 54.4 Å². The Balaban J connectivity index is 1.39. The minimum Gasteiger partial charge on any atom is -0.361 e. The predicted molar refractivity (Wildman–Crippen MR) is 115 cm³/mol. The molecule has 0 aliphatic carbocycles. The minimum atomic E-state index is -0.246. The van der Waals surface area contributed by atoms with E-state index in [0.717, 1.165) is 22.9 Å². The van der Waals surface area contributed by atoms with Crippen LogP contribution in [-0.4, -0.2) is 43.5 Å². The number of rotatable bonds is 7. The maximum Gasteiger partial charge on any atom is 0.251 e. The molecule has 1 aromatic heterocycles. The maximum absolute atomic E-state index is 13.5. The van der Waals surface area contributed by atoms with Crippen molar-refractivity contribution >= 4 is 34.4 Å². The van der Waals surface area contributed by atoms with Crippen LogP contribution in [0.25, 0.3) is 10.9 Å². The number of halogens is 2. The van der Waals surface area contributed by atoms with Crippen LogP contribution < -0.4 is 16.0 Å². The first-order valence-electron chi connectivity index (χ1n) is 9.30. The van der Waals surface area contributed by atoms with Gasteiger partial charge in [0.05, 0.1) is 0 Å². The van der Waals surface area contributed by atoms with Gasteiger partial charge in [-0.1, -0.05) is 11.6 Å². The molecule has 0 atom stereocenters. The molecule has 0 unspecified atom stereocenters. The van der Waals surface area contributed by atoms with Crippen molar-refractivity contribution in [1.29, 1.82) is 0 Å². The molecule has 0 spiro atoms. The Kier molecular flexibility index (Phi) is 7.08. The molecular formula is C21H23ClFN5O. The Morgan fingerprint density at radius 3 is 2.55 bits per heavy atom. The number of fused-ring (bicyclic) bond motifs is 1. The normalized spacial score (nSPS) is 11.5. The smallest absolute Gasteiger partial charge is 0.251 e. The lowest BCUT2D eigenvalue weighted by Crippen LogP contribution is -2.42. The zero-order valence-corrected chi connectivity index (χ0v) is 16.8. The van der Waals surface area contributed by atoms with Crippen LogP contribution >= 0.6 is 11.6 Å². The van der Waals surface area contributed by atoms with Crippen LogP contribution in [0.3, 0.4) is 0 Å². The molecule has 0 aliphatic heterocycles. The highest BCUT2D eigenvalue weighted by atomic mass is 35.5. The highest BCUT2D eigenvalue weighted by Crippen LogP contribution is 2.19. The van der Waals surface area contributed by atoms with Crippen molar-refractivity contribution in [2.75, 3.05) is 26.7 Å². The summed E-state index contributed by atoms with van der Waals surface area (Å²) in [4.78, 5) is 19.4. The third kappa shape index (κ3) is 5.71. The van der Waals surface area contributed by atoms with Gasteiger partial charge in [0.1, 0.15) is 5.82 Å². The van der Waals surface area contributed by atoms with Gasteiger partial charge < -0.3 is 20.9 Å². The average molecular weight is 416 g/mol. The number of guanidine groups is 1. The summed E-state index contributed by atoms with van der Waals surface area (Å²) in [5, 5.41) is 10.7. The second-order valence-corrected chi connectivity index (χ2v) is 6.88. The number of carbonyl (C=O) groups is 1. The average Bonchev–Trinajstić information content (AvgIpc) is 3.12. The van der Waals surface area contributed by atoms with Crippen molar-refractivity contribution in [1.82, 2.24) is 20.9 Å². The summed E-state index contributed by atoms with van der Waals surface area (Å²) in [5.74, 6) is 0.235. The second-order valence-electron chi connectivity index (χ2n) is 6.44. The van der Waals surface area contributed by atoms with Gasteiger partial charge in [0.15, 0.2) is 5.96 Å². The number of hydrogen-bond donors (Lipinski definition) is 4. The van der Waals surface area contributed by atoms with Gasteiger partial charge in [-0.05, 0) is 54.4 Å². The Hall–Kier alpha value is -3.06. The lowest BCUT2D eigenvalue weighted by molar-refractivity contribution is 0.0954. The van der Waals surface area contributed by atoms with Gasteiger partial charge in [-0.25, -0.2) is 4.39 Å². The number of carbonyl (C=O) groups excluding carboxylic acids is 1. The third-order valence-electron chi connectivity index (χ3n) is 4.45. The highest BCUT2D eigenvalue weighted by molar-refractivity contribution is 6.30. The summed E-state index contributed by atoms with van der Waals surface area (Å²) in [6.07, 6.45) is 2.62. The highest BCUT2D eigenvalue weighted by Gasteiger charge is 2.06. The molecule has 3 rings (SSSR count). The molecule has 29 heavy (non-hydrogen) atoms. The lowest BCUT2D eigenvalue weighted by Gasteiger charge is -2.12. The van der Waals surface area contributed by atoms with E-state index in [9.17, 15) is 9.18 Å². The number of nitrogens with zero attached hydrogens (tertiary/aromatic N) is 1. The van der Waals surface area contributed by atoms with E-state index < -0.39 is 0 Å². The lowest BCUT2D eigenvalue weighted by atomic mass is 10.1. The number of aliphatic imine (C=N–C) groups is 1. The van der Waals surface area contributed by atoms with Crippen LogP contribution in [0.2, 0.25) is 5.02 Å². The first-order chi connectivity index (χ1) is 14.1. The number of hydrogen-bond acceptors (Lipinski definition) is 2. The molecule has 1 amide bonds. The summed E-state index contributed by atoms with van der Waals surface area (Å²) in [5.41, 5.74) is 2.52. The monoisotopic (exact) mass is 415 g/mol. The van der Waals surface area contributed by atoms with Crippen LogP contribution in [-0.2, 0) is 6.42 Å². The predicted octanol–water partition coefficient (Wildman–Crippen LogP) is 3.10. The Labute approximate surface area is 173 Å². The van der Waals surface area contributed by atoms with Gasteiger partial charge in [-0.15, -0.1) is 0 Å². The Bertz CT molecular complexity index is 1000. The molecule has 0 bridgehead atoms. The summed E-state index contributed by atoms with van der Waals surface area (Å²) < 4.78 is 13.5. The quantitative estimate of drug-likeness (QED) is 0.272. The molecule has 8 heteroatoms. The molecule has 0 saturated heterocycles. The summed E-state index contributed by atoms with van der Waals surface area (Å²) in [6.45, 7) is 1.61. The fourth-order valence-corrected chi connectivity index (χ4v) is 3.08. The molecule has 152 valence electrons. The van der Waals surface area contributed by atoms with E-state index in [2.05, 4.69) is 25.9 Å². The number of benzene rings is 2. The molecule has 2 aromatic carbocycles. The largest absolute Gasteiger partial charge is 0.361 e. The summed E-state index contributed by atoms with van der Waals surface area (Å²) >= 11 is 5.82. The summed E-state index contributed by atoms with van der Waals surface area (Å²) in [7, 11) is 1.68. The molecule has 0 fully saturated rings.